The number of nitrogens with one attached hydrogen (secondary N) is 2. The van der Waals surface area contributed by atoms with Crippen molar-refractivity contribution >= 4 is 56.8 Å². The van der Waals surface area contributed by atoms with Crippen LogP contribution in [-0.2, 0) is 9.59 Å². The number of hydrogen-bond donors (Lipinski definition) is 2. The van der Waals surface area contributed by atoms with Gasteiger partial charge in [-0.15, -0.1) is 0 Å². The third-order valence-electron chi connectivity index (χ3n) is 6.47. The van der Waals surface area contributed by atoms with Crippen LogP contribution in [0.15, 0.2) is 52.6 Å². The van der Waals surface area contributed by atoms with Gasteiger partial charge in [0, 0.05) is 39.6 Å². The third-order valence-corrected chi connectivity index (χ3v) is 7.00. The van der Waals surface area contributed by atoms with Gasteiger partial charge in [-0.1, -0.05) is 28.9 Å². The van der Waals surface area contributed by atoms with Gasteiger partial charge in [0.15, 0.2) is 0 Å². The topological polar surface area (TPSA) is 91.0 Å². The van der Waals surface area contributed by atoms with E-state index in [1.807, 2.05) is 12.1 Å². The average molecular weight is 567 g/mol. The molecule has 0 saturated carbocycles. The lowest BCUT2D eigenvalue weighted by Gasteiger charge is -2.43. The molecule has 0 spiro atoms. The monoisotopic (exact) mass is 566 g/mol. The first-order valence-electron chi connectivity index (χ1n) is 12.1. The summed E-state index contributed by atoms with van der Waals surface area (Å²) in [5, 5.41) is 5.29. The van der Waals surface area contributed by atoms with Gasteiger partial charge < -0.3 is 20.3 Å². The Balaban J connectivity index is 1.60. The summed E-state index contributed by atoms with van der Waals surface area (Å²) in [5.74, 6) is -0.458. The second-order valence-corrected chi connectivity index (χ2v) is 10.6. The highest BCUT2D eigenvalue weighted by molar-refractivity contribution is 9.10. The molecule has 0 bridgehead atoms. The van der Waals surface area contributed by atoms with E-state index >= 15 is 0 Å². The van der Waals surface area contributed by atoms with E-state index in [1.54, 1.807) is 37.5 Å². The van der Waals surface area contributed by atoms with Gasteiger partial charge in [0.2, 0.25) is 5.91 Å². The summed E-state index contributed by atoms with van der Waals surface area (Å²) in [7, 11) is 1.58. The van der Waals surface area contributed by atoms with Gasteiger partial charge in [-0.3, -0.25) is 9.59 Å². The van der Waals surface area contributed by atoms with Crippen molar-refractivity contribution in [3.8, 4) is 5.75 Å². The zero-order chi connectivity index (χ0) is 26.9. The van der Waals surface area contributed by atoms with E-state index in [9.17, 15) is 14.4 Å². The maximum atomic E-state index is 13.1. The van der Waals surface area contributed by atoms with Crippen LogP contribution in [0.3, 0.4) is 0 Å². The summed E-state index contributed by atoms with van der Waals surface area (Å²) >= 11 is 3.34. The zero-order valence-electron chi connectivity index (χ0n) is 21.6. The van der Waals surface area contributed by atoms with Crippen molar-refractivity contribution in [3.05, 3.63) is 63.8 Å². The molecular formula is C28H31BrN4O4. The summed E-state index contributed by atoms with van der Waals surface area (Å²) in [6, 6.07) is 10.3. The minimum absolute atomic E-state index is 0.0860. The molecule has 0 unspecified atom stereocenters. The minimum Gasteiger partial charge on any atom is -0.496 e. The molecule has 2 aromatic carbocycles. The maximum Gasteiger partial charge on any atom is 0.329 e. The van der Waals surface area contributed by atoms with Crippen molar-refractivity contribution in [2.75, 3.05) is 30.4 Å². The van der Waals surface area contributed by atoms with Crippen molar-refractivity contribution in [2.24, 2.45) is 0 Å². The molecule has 0 atom stereocenters. The fraction of sp³-hybridized carbons (Fsp3) is 0.321. The molecule has 1 saturated heterocycles. The van der Waals surface area contributed by atoms with E-state index in [2.05, 4.69) is 65.2 Å². The van der Waals surface area contributed by atoms with Crippen LogP contribution < -0.4 is 20.3 Å². The molecule has 4 rings (SSSR count). The lowest BCUT2D eigenvalue weighted by Crippen LogP contribution is -2.45. The van der Waals surface area contributed by atoms with Crippen molar-refractivity contribution in [3.63, 3.8) is 0 Å². The fourth-order valence-corrected chi connectivity index (χ4v) is 5.06. The third kappa shape index (κ3) is 5.41. The molecular weight excluding hydrogens is 536 g/mol. The van der Waals surface area contributed by atoms with Gasteiger partial charge in [0.05, 0.1) is 12.6 Å². The number of rotatable bonds is 7. The smallest absolute Gasteiger partial charge is 0.329 e. The molecule has 0 radical (unpaired) electrons. The molecule has 2 heterocycles. The Labute approximate surface area is 225 Å². The van der Waals surface area contributed by atoms with E-state index in [0.717, 1.165) is 39.2 Å². The van der Waals surface area contributed by atoms with Crippen LogP contribution in [-0.4, -0.2) is 48.5 Å². The molecule has 1 fully saturated rings. The summed E-state index contributed by atoms with van der Waals surface area (Å²) in [6.07, 6.45) is 4.83. The number of carbonyl (C=O) groups excluding carboxylic acids is 3. The molecule has 8 nitrogen and oxygen atoms in total. The minimum atomic E-state index is -0.647. The first kappa shape index (κ1) is 26.5. The number of halogens is 1. The Morgan fingerprint density at radius 3 is 2.54 bits per heavy atom. The van der Waals surface area contributed by atoms with E-state index < -0.39 is 24.4 Å². The predicted octanol–water partition coefficient (Wildman–Crippen LogP) is 5.40. The van der Waals surface area contributed by atoms with Crippen LogP contribution in [0.5, 0.6) is 5.75 Å². The Morgan fingerprint density at radius 1 is 1.19 bits per heavy atom. The van der Waals surface area contributed by atoms with Crippen LogP contribution in [0, 0.1) is 0 Å². The summed E-state index contributed by atoms with van der Waals surface area (Å²) < 4.78 is 6.56. The highest BCUT2D eigenvalue weighted by Crippen LogP contribution is 2.42. The largest absolute Gasteiger partial charge is 0.496 e. The van der Waals surface area contributed by atoms with Gasteiger partial charge >= 0.3 is 6.03 Å². The number of nitrogens with zero attached hydrogens (tertiary/aromatic N) is 2. The molecule has 2 aliphatic rings. The van der Waals surface area contributed by atoms with Crippen LogP contribution in [0.4, 0.5) is 16.2 Å². The normalized spacial score (nSPS) is 17.5. The maximum absolute atomic E-state index is 13.1. The van der Waals surface area contributed by atoms with E-state index in [0.29, 0.717) is 17.0 Å². The van der Waals surface area contributed by atoms with Crippen molar-refractivity contribution < 1.29 is 19.1 Å². The van der Waals surface area contributed by atoms with E-state index in [1.165, 1.54) is 0 Å². The summed E-state index contributed by atoms with van der Waals surface area (Å²) in [5.41, 5.74) is 4.41. The van der Waals surface area contributed by atoms with Crippen molar-refractivity contribution in [1.82, 2.24) is 10.2 Å². The second kappa shape index (κ2) is 10.4. The average Bonchev–Trinajstić information content (AvgIpc) is 3.10. The first-order valence-corrected chi connectivity index (χ1v) is 12.9. The molecule has 9 heteroatoms. The van der Waals surface area contributed by atoms with Gasteiger partial charge in [-0.2, -0.15) is 0 Å². The number of allylic oxidation sites excluding steroid dienone is 1. The molecule has 194 valence electrons. The highest BCUT2D eigenvalue weighted by Gasteiger charge is 2.36. The molecule has 4 amide bonds. The summed E-state index contributed by atoms with van der Waals surface area (Å²) in [4.78, 5) is 41.4. The van der Waals surface area contributed by atoms with Crippen LogP contribution in [0.2, 0.25) is 0 Å². The standard InChI is InChI=1S/C28H31BrN4O4/c1-6-11-33-23-14-24(37-5)18(12-21(23)17(2)15-28(33,3)4)13-22-26(35)32(27(36)31-22)16-25(34)30-20-9-7-19(29)8-10-20/h7-10,12-15H,6,11,16H2,1-5H3,(H,30,34)(H,31,36)/b22-13+. The Morgan fingerprint density at radius 2 is 1.89 bits per heavy atom. The fourth-order valence-electron chi connectivity index (χ4n) is 4.79. The first-order chi connectivity index (χ1) is 17.5. The van der Waals surface area contributed by atoms with Gasteiger partial charge in [0.1, 0.15) is 18.0 Å². The van der Waals surface area contributed by atoms with Crippen molar-refractivity contribution in [1.29, 1.82) is 0 Å². The number of imide groups is 1. The van der Waals surface area contributed by atoms with E-state index in [4.69, 9.17) is 4.74 Å². The number of methoxy groups -OCH3 is 1. The molecule has 2 aromatic rings. The quantitative estimate of drug-likeness (QED) is 0.346. The Kier molecular flexibility index (Phi) is 7.45. The molecule has 2 aliphatic heterocycles. The Hall–Kier alpha value is -3.59. The zero-order valence-corrected chi connectivity index (χ0v) is 23.2. The number of fused-ring (bicyclic) bond motifs is 1. The SMILES string of the molecule is CCCN1c2cc(OC)c(/C=C3/NC(=O)N(CC(=O)Nc4ccc(Br)cc4)C3=O)cc2C(C)=CC1(C)C. The number of carbonyl (C=O) groups is 3. The van der Waals surface area contributed by atoms with E-state index in [-0.39, 0.29) is 11.2 Å². The Bertz CT molecular complexity index is 1310. The van der Waals surface area contributed by atoms with Crippen LogP contribution in [0.1, 0.15) is 45.2 Å². The number of benzene rings is 2. The number of ether oxygens (including phenoxy) is 1. The van der Waals surface area contributed by atoms with Crippen LogP contribution in [0.25, 0.3) is 11.6 Å². The van der Waals surface area contributed by atoms with Crippen molar-refractivity contribution in [2.45, 2.75) is 39.7 Å². The summed E-state index contributed by atoms with van der Waals surface area (Å²) in [6.45, 7) is 9.08. The van der Waals surface area contributed by atoms with Gasteiger partial charge in [0.25, 0.3) is 5.91 Å². The predicted molar refractivity (Wildman–Crippen MR) is 149 cm³/mol. The molecule has 37 heavy (non-hydrogen) atoms. The molecule has 2 N–H and O–H groups in total. The molecule has 0 aliphatic carbocycles. The van der Waals surface area contributed by atoms with Gasteiger partial charge in [-0.25, -0.2) is 9.69 Å². The number of amides is 4. The second-order valence-electron chi connectivity index (χ2n) is 9.68. The van der Waals surface area contributed by atoms with Gasteiger partial charge in [-0.05, 0) is 69.2 Å². The number of urea groups is 1. The molecule has 0 aromatic heterocycles. The lowest BCUT2D eigenvalue weighted by molar-refractivity contribution is -0.127. The highest BCUT2D eigenvalue weighted by atomic mass is 79.9. The number of hydrogen-bond acceptors (Lipinski definition) is 5. The van der Waals surface area contributed by atoms with Crippen LogP contribution >= 0.6 is 15.9 Å². The number of anilines is 2. The lowest BCUT2D eigenvalue weighted by atomic mass is 9.87.